The van der Waals surface area contributed by atoms with Gasteiger partial charge in [0.05, 0.1) is 10.7 Å². The molecule has 3 aromatic rings. The third-order valence-corrected chi connectivity index (χ3v) is 6.77. The number of anilines is 2. The molecule has 0 aliphatic rings. The first-order valence-corrected chi connectivity index (χ1v) is 12.9. The maximum absolute atomic E-state index is 12.6. The Labute approximate surface area is 212 Å². The van der Waals surface area contributed by atoms with Crippen molar-refractivity contribution in [3.63, 3.8) is 0 Å². The number of hydrogen-bond donors (Lipinski definition) is 0. The topological polar surface area (TPSA) is 20.3 Å². The number of benzene rings is 3. The van der Waals surface area contributed by atoms with Crippen LogP contribution >= 0.6 is 23.4 Å². The Morgan fingerprint density at radius 1 is 1.09 bits per heavy atom. The predicted molar refractivity (Wildman–Crippen MR) is 151 cm³/mol. The number of para-hydroxylation sites is 1. The van der Waals surface area contributed by atoms with Crippen LogP contribution in [-0.2, 0) is 0 Å². The summed E-state index contributed by atoms with van der Waals surface area (Å²) in [6, 6.07) is 20.5. The van der Waals surface area contributed by atoms with Gasteiger partial charge in [0.15, 0.2) is 5.78 Å². The van der Waals surface area contributed by atoms with Crippen LogP contribution in [0.3, 0.4) is 0 Å². The van der Waals surface area contributed by atoms with Gasteiger partial charge >= 0.3 is 0 Å². The number of carbonyl (C=O) groups excluding carboxylic acids is 1. The van der Waals surface area contributed by atoms with Crippen molar-refractivity contribution in [1.82, 2.24) is 0 Å². The quantitative estimate of drug-likeness (QED) is 0.170. The van der Waals surface area contributed by atoms with E-state index < -0.39 is 0 Å². The molecule has 0 spiro atoms. The monoisotopic (exact) mass is 487 g/mol. The molecule has 0 atom stereocenters. The second kappa shape index (κ2) is 11.9. The average Bonchev–Trinajstić information content (AvgIpc) is 2.86. The zero-order chi connectivity index (χ0) is 24.7. The first-order valence-electron chi connectivity index (χ1n) is 11.3. The van der Waals surface area contributed by atoms with E-state index in [4.69, 9.17) is 11.6 Å². The number of allylic oxidation sites excluding steroid dienone is 5. The summed E-state index contributed by atoms with van der Waals surface area (Å²) in [5.74, 6) is 0.0160. The molecular formula is C30H30ClNOS. The number of Topliss-reactive ketones (excluding diaryl/α,β-unsaturated/α-hetero) is 1. The smallest absolute Gasteiger partial charge is 0.160 e. The third kappa shape index (κ3) is 5.55. The molecule has 2 nitrogen and oxygen atoms in total. The Morgan fingerprint density at radius 2 is 1.82 bits per heavy atom. The minimum absolute atomic E-state index is 0.0160. The fourth-order valence-corrected chi connectivity index (χ4v) is 4.89. The van der Waals surface area contributed by atoms with Gasteiger partial charge in [-0.05, 0) is 74.1 Å². The number of ketones is 1. The molecule has 0 bridgehead atoms. The fourth-order valence-electron chi connectivity index (χ4n) is 4.01. The molecule has 0 aliphatic heterocycles. The maximum Gasteiger partial charge on any atom is 0.160 e. The molecule has 34 heavy (non-hydrogen) atoms. The largest absolute Gasteiger partial charge is 0.341 e. The van der Waals surface area contributed by atoms with E-state index >= 15 is 0 Å². The van der Waals surface area contributed by atoms with Crippen LogP contribution in [0.1, 0.15) is 36.7 Å². The molecule has 0 heterocycles. The Balaban J connectivity index is 2.13. The highest BCUT2D eigenvalue weighted by Gasteiger charge is 2.18. The summed E-state index contributed by atoms with van der Waals surface area (Å²) in [5.41, 5.74) is 6.58. The van der Waals surface area contributed by atoms with Gasteiger partial charge in [-0.3, -0.25) is 4.79 Å². The average molecular weight is 488 g/mol. The molecule has 0 N–H and O–H groups in total. The summed E-state index contributed by atoms with van der Waals surface area (Å²) >= 11 is 8.54. The lowest BCUT2D eigenvalue weighted by Gasteiger charge is -2.26. The lowest BCUT2D eigenvalue weighted by Crippen LogP contribution is -2.16. The number of rotatable bonds is 9. The van der Waals surface area contributed by atoms with Gasteiger partial charge in [0.25, 0.3) is 0 Å². The van der Waals surface area contributed by atoms with Gasteiger partial charge in [-0.25, -0.2) is 0 Å². The van der Waals surface area contributed by atoms with E-state index in [1.165, 1.54) is 0 Å². The van der Waals surface area contributed by atoms with E-state index in [1.807, 2.05) is 67.6 Å². The van der Waals surface area contributed by atoms with Crippen molar-refractivity contribution in [1.29, 1.82) is 0 Å². The number of nitrogens with zero attached hydrogens (tertiary/aromatic N) is 1. The van der Waals surface area contributed by atoms with Crippen LogP contribution in [0, 0.1) is 0 Å². The maximum atomic E-state index is 12.6. The van der Waals surface area contributed by atoms with Gasteiger partial charge in [0, 0.05) is 28.3 Å². The van der Waals surface area contributed by atoms with Crippen LogP contribution < -0.4 is 4.90 Å². The highest BCUT2D eigenvalue weighted by molar-refractivity contribution is 7.98. The molecule has 0 amide bonds. The van der Waals surface area contributed by atoms with Crippen molar-refractivity contribution in [2.24, 2.45) is 0 Å². The van der Waals surface area contributed by atoms with Gasteiger partial charge in [-0.2, -0.15) is 0 Å². The Bertz CT molecular complexity index is 1240. The normalized spacial score (nSPS) is 11.6. The number of carbonyl (C=O) groups is 1. The Hall–Kier alpha value is -3.01. The second-order valence-electron chi connectivity index (χ2n) is 7.74. The van der Waals surface area contributed by atoms with E-state index in [0.717, 1.165) is 45.1 Å². The summed E-state index contributed by atoms with van der Waals surface area (Å²) < 4.78 is 0. The van der Waals surface area contributed by atoms with Crippen LogP contribution in [0.15, 0.2) is 96.4 Å². The third-order valence-electron chi connectivity index (χ3n) is 5.69. The van der Waals surface area contributed by atoms with Gasteiger partial charge in [0.1, 0.15) is 0 Å². The Kier molecular flexibility index (Phi) is 8.98. The van der Waals surface area contributed by atoms with Crippen molar-refractivity contribution in [2.45, 2.75) is 25.7 Å². The summed E-state index contributed by atoms with van der Waals surface area (Å²) in [5, 5.41) is 0.655. The van der Waals surface area contributed by atoms with Crippen molar-refractivity contribution >= 4 is 46.1 Å². The SMILES string of the molecule is C=C/C=C\C(=C/C)c1ccc(-c2cc(SC)c(N(CC)c3ccccc3)cc2Cl)cc1C(C)=O. The molecule has 0 saturated heterocycles. The van der Waals surface area contributed by atoms with Gasteiger partial charge in [-0.1, -0.05) is 72.8 Å². The molecule has 0 aliphatic carbocycles. The van der Waals surface area contributed by atoms with E-state index in [9.17, 15) is 4.79 Å². The summed E-state index contributed by atoms with van der Waals surface area (Å²) in [6.07, 6.45) is 9.64. The molecule has 0 unspecified atom stereocenters. The lowest BCUT2D eigenvalue weighted by molar-refractivity contribution is 0.101. The lowest BCUT2D eigenvalue weighted by atomic mass is 9.92. The zero-order valence-electron chi connectivity index (χ0n) is 20.1. The summed E-state index contributed by atoms with van der Waals surface area (Å²) in [7, 11) is 0. The summed E-state index contributed by atoms with van der Waals surface area (Å²) in [4.78, 5) is 16.0. The highest BCUT2D eigenvalue weighted by atomic mass is 35.5. The predicted octanol–water partition coefficient (Wildman–Crippen LogP) is 9.23. The molecule has 0 saturated carbocycles. The van der Waals surface area contributed by atoms with Crippen LogP contribution in [-0.4, -0.2) is 18.6 Å². The standard InChI is InChI=1S/C30H30ClNOS/c1-6-9-13-22(7-2)25-17-16-23(18-26(25)21(4)33)27-19-30(34-5)29(20-28(27)31)32(8-3)24-14-11-10-12-15-24/h6-7,9-20H,1,8H2,2-5H3/b13-9-,22-7+. The molecule has 3 rings (SSSR count). The van der Waals surface area contributed by atoms with E-state index in [2.05, 4.69) is 42.9 Å². The fraction of sp³-hybridized carbons (Fsp3) is 0.167. The minimum atomic E-state index is 0.0160. The Morgan fingerprint density at radius 3 is 2.41 bits per heavy atom. The first kappa shape index (κ1) is 25.6. The van der Waals surface area contributed by atoms with E-state index in [-0.39, 0.29) is 5.78 Å². The first-order chi connectivity index (χ1) is 16.4. The van der Waals surface area contributed by atoms with Crippen molar-refractivity contribution < 1.29 is 4.79 Å². The molecule has 0 radical (unpaired) electrons. The van der Waals surface area contributed by atoms with Crippen molar-refractivity contribution in [3.05, 3.63) is 108 Å². The van der Waals surface area contributed by atoms with Gasteiger partial charge in [0.2, 0.25) is 0 Å². The van der Waals surface area contributed by atoms with Crippen LogP contribution in [0.2, 0.25) is 5.02 Å². The van der Waals surface area contributed by atoms with E-state index in [0.29, 0.717) is 10.6 Å². The van der Waals surface area contributed by atoms with Crippen LogP contribution in [0.25, 0.3) is 16.7 Å². The molecule has 0 aromatic heterocycles. The molecule has 174 valence electrons. The number of hydrogen-bond acceptors (Lipinski definition) is 3. The zero-order valence-corrected chi connectivity index (χ0v) is 21.7. The second-order valence-corrected chi connectivity index (χ2v) is 8.99. The highest BCUT2D eigenvalue weighted by Crippen LogP contribution is 2.41. The minimum Gasteiger partial charge on any atom is -0.341 e. The van der Waals surface area contributed by atoms with Gasteiger partial charge in [-0.15, -0.1) is 11.8 Å². The number of thioether (sulfide) groups is 1. The number of halogens is 1. The van der Waals surface area contributed by atoms with Crippen molar-refractivity contribution in [2.75, 3.05) is 17.7 Å². The van der Waals surface area contributed by atoms with Crippen molar-refractivity contribution in [3.8, 4) is 11.1 Å². The van der Waals surface area contributed by atoms with Crippen LogP contribution in [0.5, 0.6) is 0 Å². The molecule has 3 aromatic carbocycles. The summed E-state index contributed by atoms with van der Waals surface area (Å²) in [6.45, 7) is 10.3. The van der Waals surface area contributed by atoms with Crippen LogP contribution in [0.4, 0.5) is 11.4 Å². The molecule has 0 fully saturated rings. The van der Waals surface area contributed by atoms with Gasteiger partial charge < -0.3 is 4.90 Å². The van der Waals surface area contributed by atoms with E-state index in [1.54, 1.807) is 24.8 Å². The molecule has 4 heteroatoms. The molecular weight excluding hydrogens is 458 g/mol.